The third kappa shape index (κ3) is 3.77. The summed E-state index contributed by atoms with van der Waals surface area (Å²) >= 11 is 0.972. The summed E-state index contributed by atoms with van der Waals surface area (Å²) in [4.78, 5) is 11.7. The third-order valence-corrected chi connectivity index (χ3v) is 6.24. The Hall–Kier alpha value is -2.13. The average molecular weight is 379 g/mol. The van der Waals surface area contributed by atoms with Crippen molar-refractivity contribution in [2.24, 2.45) is 0 Å². The number of nitrogens with one attached hydrogen (secondary N) is 1. The van der Waals surface area contributed by atoms with Crippen LogP contribution in [0.2, 0.25) is 0 Å². The van der Waals surface area contributed by atoms with E-state index in [0.29, 0.717) is 32.7 Å². The number of phenolic OH excluding ortho intramolecular Hbond substituents is 1. The molecule has 1 aliphatic rings. The highest BCUT2D eigenvalue weighted by molar-refractivity contribution is 8.28. The molecule has 3 rings (SSSR count). The van der Waals surface area contributed by atoms with Gasteiger partial charge < -0.3 is 10.2 Å². The molecule has 0 atom stereocenters. The normalized spacial score (nSPS) is 14.6. The summed E-state index contributed by atoms with van der Waals surface area (Å²) in [7, 11) is -3.22. The maximum atomic E-state index is 10.8. The Morgan fingerprint density at radius 2 is 1.96 bits per heavy atom. The zero-order valence-corrected chi connectivity index (χ0v) is 14.7. The zero-order chi connectivity index (χ0) is 18.0. The van der Waals surface area contributed by atoms with Crippen LogP contribution in [0.3, 0.4) is 0 Å². The first-order chi connectivity index (χ1) is 11.9. The van der Waals surface area contributed by atoms with E-state index >= 15 is 0 Å². The molecule has 0 saturated heterocycles. The van der Waals surface area contributed by atoms with E-state index in [1.54, 1.807) is 42.5 Å². The number of carbonyl (C=O) groups is 1. The number of fused-ring (bicyclic) bond motifs is 1. The minimum absolute atomic E-state index is 0.0226. The van der Waals surface area contributed by atoms with Crippen molar-refractivity contribution in [3.8, 4) is 5.75 Å². The molecular weight excluding hydrogens is 362 g/mol. The first kappa shape index (κ1) is 17.7. The molecule has 0 amide bonds. The summed E-state index contributed by atoms with van der Waals surface area (Å²) in [6.45, 7) is 0. The van der Waals surface area contributed by atoms with Crippen LogP contribution in [0.25, 0.3) is 10.8 Å². The zero-order valence-electron chi connectivity index (χ0n) is 13.0. The molecule has 6 nitrogen and oxygen atoms in total. The number of carboxylic acid groups (broad SMARTS) is 1. The van der Waals surface area contributed by atoms with Crippen molar-refractivity contribution < 1.29 is 24.1 Å². The topological polar surface area (TPSA) is 110 Å². The minimum Gasteiger partial charge on any atom is -0.506 e. The molecule has 0 heterocycles. The number of carboxylic acids is 1. The van der Waals surface area contributed by atoms with Crippen LogP contribution in [0.15, 0.2) is 58.4 Å². The Balaban J connectivity index is 2.03. The fourth-order valence-corrected chi connectivity index (χ4v) is 4.46. The molecule has 0 fully saturated rings. The van der Waals surface area contributed by atoms with Crippen LogP contribution in [0.5, 0.6) is 5.75 Å². The molecule has 132 valence electrons. The maximum Gasteiger partial charge on any atom is 0.313 e. The molecule has 1 aliphatic carbocycles. The van der Waals surface area contributed by atoms with Crippen LogP contribution < -0.4 is 4.72 Å². The molecular formula is C17H17NO5S2. The lowest BCUT2D eigenvalue weighted by atomic mass is 10.1. The van der Waals surface area contributed by atoms with E-state index in [1.165, 1.54) is 0 Å². The predicted octanol–water partition coefficient (Wildman–Crippen LogP) is 4.64. The lowest BCUT2D eigenvalue weighted by Crippen LogP contribution is -2.11. The van der Waals surface area contributed by atoms with Gasteiger partial charge in [-0.1, -0.05) is 47.2 Å². The number of benzene rings is 2. The second-order valence-electron chi connectivity index (χ2n) is 5.42. The van der Waals surface area contributed by atoms with Crippen molar-refractivity contribution in [2.75, 3.05) is 10.5 Å². The van der Waals surface area contributed by atoms with Gasteiger partial charge in [-0.25, -0.2) is 0 Å². The Kier molecular flexibility index (Phi) is 4.96. The molecule has 0 aliphatic heterocycles. The van der Waals surface area contributed by atoms with Crippen LogP contribution >= 0.6 is 22.5 Å². The molecule has 0 aromatic heterocycles. The number of hydrogen-bond donors (Lipinski definition) is 5. The Labute approximate surface area is 150 Å². The predicted molar refractivity (Wildman–Crippen MR) is 102 cm³/mol. The van der Waals surface area contributed by atoms with E-state index in [-0.39, 0.29) is 11.5 Å². The Morgan fingerprint density at radius 1 is 1.24 bits per heavy atom. The van der Waals surface area contributed by atoms with Gasteiger partial charge >= 0.3 is 5.97 Å². The molecule has 0 unspecified atom stereocenters. The number of thioether (sulfide) groups is 1. The molecule has 5 N–H and O–H groups in total. The van der Waals surface area contributed by atoms with Gasteiger partial charge in [0.05, 0.1) is 21.2 Å². The molecule has 2 aromatic carbocycles. The van der Waals surface area contributed by atoms with Gasteiger partial charge in [-0.05, 0) is 12.1 Å². The van der Waals surface area contributed by atoms with Gasteiger partial charge in [-0.2, -0.15) is 0 Å². The van der Waals surface area contributed by atoms with Crippen LogP contribution in [-0.4, -0.2) is 31.0 Å². The first-order valence-electron chi connectivity index (χ1n) is 7.39. The number of aliphatic carboxylic acids is 1. The largest absolute Gasteiger partial charge is 0.506 e. The summed E-state index contributed by atoms with van der Waals surface area (Å²) in [5, 5.41) is 20.4. The van der Waals surface area contributed by atoms with Crippen molar-refractivity contribution >= 4 is 45.0 Å². The summed E-state index contributed by atoms with van der Waals surface area (Å²) < 4.78 is 23.7. The number of allylic oxidation sites excluding steroid dienone is 4. The van der Waals surface area contributed by atoms with Gasteiger partial charge in [0.25, 0.3) is 0 Å². The molecule has 0 bridgehead atoms. The van der Waals surface area contributed by atoms with E-state index in [4.69, 9.17) is 5.11 Å². The molecule has 8 heteroatoms. The van der Waals surface area contributed by atoms with E-state index in [9.17, 15) is 19.0 Å². The SMILES string of the molecule is O=C(O)CSc1cc(NS(O)(O)C2=CC=CC2)c2ccccc2c1O. The van der Waals surface area contributed by atoms with Crippen molar-refractivity contribution in [3.63, 3.8) is 0 Å². The van der Waals surface area contributed by atoms with E-state index in [2.05, 4.69) is 4.72 Å². The van der Waals surface area contributed by atoms with Gasteiger partial charge in [0, 0.05) is 17.2 Å². The van der Waals surface area contributed by atoms with Gasteiger partial charge in [-0.15, -0.1) is 11.8 Å². The van der Waals surface area contributed by atoms with Crippen molar-refractivity contribution in [1.82, 2.24) is 0 Å². The first-order valence-corrected chi connectivity index (χ1v) is 9.93. The number of aromatic hydroxyl groups is 1. The van der Waals surface area contributed by atoms with Crippen molar-refractivity contribution in [3.05, 3.63) is 53.5 Å². The van der Waals surface area contributed by atoms with Gasteiger partial charge in [-0.3, -0.25) is 18.6 Å². The number of rotatable bonds is 6. The molecule has 25 heavy (non-hydrogen) atoms. The second kappa shape index (κ2) is 7.01. The second-order valence-corrected chi connectivity index (χ2v) is 8.26. The van der Waals surface area contributed by atoms with Crippen molar-refractivity contribution in [1.29, 1.82) is 0 Å². The van der Waals surface area contributed by atoms with E-state index < -0.39 is 16.7 Å². The van der Waals surface area contributed by atoms with Gasteiger partial charge in [0.2, 0.25) is 0 Å². The third-order valence-electron chi connectivity index (χ3n) is 3.69. The highest BCUT2D eigenvalue weighted by Crippen LogP contribution is 2.52. The molecule has 0 radical (unpaired) electrons. The Bertz CT molecular complexity index is 892. The number of anilines is 1. The summed E-state index contributed by atoms with van der Waals surface area (Å²) in [6.07, 6.45) is 5.69. The molecule has 0 saturated carbocycles. The maximum absolute atomic E-state index is 10.8. The van der Waals surface area contributed by atoms with E-state index in [1.807, 2.05) is 6.08 Å². The monoisotopic (exact) mass is 379 g/mol. The van der Waals surface area contributed by atoms with Gasteiger partial charge in [0.1, 0.15) is 5.75 Å². The average Bonchev–Trinajstić information content (AvgIpc) is 3.11. The van der Waals surface area contributed by atoms with Gasteiger partial charge in [0.15, 0.2) is 0 Å². The lowest BCUT2D eigenvalue weighted by Gasteiger charge is -2.35. The minimum atomic E-state index is -3.22. The van der Waals surface area contributed by atoms with E-state index in [0.717, 1.165) is 11.8 Å². The summed E-state index contributed by atoms with van der Waals surface area (Å²) in [5.41, 5.74) is 0.425. The number of hydrogen-bond acceptors (Lipinski definition) is 6. The quantitative estimate of drug-likeness (QED) is 0.367. The Morgan fingerprint density at radius 3 is 2.60 bits per heavy atom. The number of phenols is 1. The fraction of sp³-hybridized carbons (Fsp3) is 0.118. The van der Waals surface area contributed by atoms with Crippen LogP contribution in [0, 0.1) is 0 Å². The highest BCUT2D eigenvalue weighted by atomic mass is 32.3. The van der Waals surface area contributed by atoms with Crippen LogP contribution in [0.1, 0.15) is 6.42 Å². The molecule has 2 aromatic rings. The van der Waals surface area contributed by atoms with Crippen molar-refractivity contribution in [2.45, 2.75) is 11.3 Å². The summed E-state index contributed by atoms with van der Waals surface area (Å²) in [6, 6.07) is 8.52. The smallest absolute Gasteiger partial charge is 0.313 e. The summed E-state index contributed by atoms with van der Waals surface area (Å²) in [5.74, 6) is -1.24. The standard InChI is InChI=1S/C17H17NO5S2/c19-16(20)10-24-15-9-14(12-7-3-4-8-13(12)17(15)21)18-25(22,23)11-5-1-2-6-11/h1-5,7-9,18,21-23H,6,10H2,(H,19,20). The highest BCUT2D eigenvalue weighted by Gasteiger charge is 2.22. The molecule has 0 spiro atoms. The fourth-order valence-electron chi connectivity index (χ4n) is 2.53. The van der Waals surface area contributed by atoms with Crippen LogP contribution in [-0.2, 0) is 4.79 Å². The lowest BCUT2D eigenvalue weighted by molar-refractivity contribution is -0.133. The van der Waals surface area contributed by atoms with Crippen LogP contribution in [0.4, 0.5) is 5.69 Å².